The monoisotopic (exact) mass is 470 g/mol. The normalized spacial score (nSPS) is 14.9. The van der Waals surface area contributed by atoms with Crippen LogP contribution in [-0.4, -0.2) is 73.6 Å². The van der Waals surface area contributed by atoms with Crippen LogP contribution in [0.25, 0.3) is 0 Å². The van der Waals surface area contributed by atoms with Crippen molar-refractivity contribution in [2.75, 3.05) is 39.9 Å². The maximum absolute atomic E-state index is 12.6. The van der Waals surface area contributed by atoms with E-state index in [9.17, 15) is 14.4 Å². The minimum Gasteiger partial charge on any atom is -0.493 e. The number of carbonyl (C=O) groups excluding carboxylic acids is 3. The van der Waals surface area contributed by atoms with Crippen LogP contribution < -0.4 is 9.47 Å². The maximum Gasteiger partial charge on any atom is 0.339 e. The molecule has 1 aliphatic heterocycles. The molecule has 0 radical (unpaired) electrons. The van der Waals surface area contributed by atoms with Crippen molar-refractivity contribution in [2.45, 2.75) is 33.3 Å². The number of amides is 2. The second-order valence-electron chi connectivity index (χ2n) is 6.72. The molecule has 1 aliphatic rings. The Balaban J connectivity index is 2.03. The Hall–Kier alpha value is -2.29. The van der Waals surface area contributed by atoms with Gasteiger partial charge in [-0.2, -0.15) is 0 Å². The van der Waals surface area contributed by atoms with Gasteiger partial charge in [0, 0.05) is 33.1 Å². The van der Waals surface area contributed by atoms with E-state index in [-0.39, 0.29) is 17.4 Å². The molecule has 8 nitrogen and oxygen atoms in total. The van der Waals surface area contributed by atoms with E-state index in [1.165, 1.54) is 20.1 Å². The zero-order valence-electron chi connectivity index (χ0n) is 17.2. The molecule has 29 heavy (non-hydrogen) atoms. The Bertz CT molecular complexity index is 762. The van der Waals surface area contributed by atoms with E-state index in [1.54, 1.807) is 22.8 Å². The Morgan fingerprint density at radius 1 is 1.14 bits per heavy atom. The Morgan fingerprint density at radius 3 is 2.31 bits per heavy atom. The van der Waals surface area contributed by atoms with Gasteiger partial charge in [-0.1, -0.05) is 6.92 Å². The summed E-state index contributed by atoms with van der Waals surface area (Å²) in [7, 11) is 1.49. The second kappa shape index (κ2) is 10.5. The van der Waals surface area contributed by atoms with Crippen molar-refractivity contribution in [3.05, 3.63) is 22.2 Å². The minimum absolute atomic E-state index is 0.0116. The van der Waals surface area contributed by atoms with Crippen molar-refractivity contribution in [3.63, 3.8) is 0 Å². The number of benzene rings is 1. The summed E-state index contributed by atoms with van der Waals surface area (Å²) in [6.07, 6.45) is -0.105. The lowest BCUT2D eigenvalue weighted by Gasteiger charge is -2.35. The third-order valence-corrected chi connectivity index (χ3v) is 5.17. The lowest BCUT2D eigenvalue weighted by atomic mass is 10.2. The van der Waals surface area contributed by atoms with Gasteiger partial charge >= 0.3 is 5.97 Å². The van der Waals surface area contributed by atoms with E-state index in [2.05, 4.69) is 15.9 Å². The highest BCUT2D eigenvalue weighted by Gasteiger charge is 2.28. The molecule has 0 N–H and O–H groups in total. The van der Waals surface area contributed by atoms with E-state index in [0.29, 0.717) is 48.8 Å². The number of carbonyl (C=O) groups is 3. The van der Waals surface area contributed by atoms with Crippen LogP contribution in [0.15, 0.2) is 16.6 Å². The van der Waals surface area contributed by atoms with Crippen LogP contribution in [-0.2, 0) is 14.3 Å². The molecule has 2 amide bonds. The Morgan fingerprint density at radius 2 is 1.76 bits per heavy atom. The van der Waals surface area contributed by atoms with E-state index in [0.717, 1.165) is 6.42 Å². The van der Waals surface area contributed by atoms with E-state index < -0.39 is 12.1 Å². The highest BCUT2D eigenvalue weighted by atomic mass is 79.9. The van der Waals surface area contributed by atoms with Crippen LogP contribution in [0.1, 0.15) is 37.6 Å². The Labute approximate surface area is 179 Å². The van der Waals surface area contributed by atoms with Gasteiger partial charge < -0.3 is 24.0 Å². The van der Waals surface area contributed by atoms with Crippen LogP contribution >= 0.6 is 15.9 Å². The maximum atomic E-state index is 12.6. The van der Waals surface area contributed by atoms with Gasteiger partial charge in [0.05, 0.1) is 23.8 Å². The summed E-state index contributed by atoms with van der Waals surface area (Å²) in [6.45, 7) is 7.35. The molecule has 1 heterocycles. The fourth-order valence-corrected chi connectivity index (χ4v) is 3.52. The first kappa shape index (κ1) is 23.0. The quantitative estimate of drug-likeness (QED) is 0.569. The average molecular weight is 471 g/mol. The van der Waals surface area contributed by atoms with Crippen molar-refractivity contribution in [1.29, 1.82) is 0 Å². The molecule has 160 valence electrons. The molecule has 1 aromatic carbocycles. The smallest absolute Gasteiger partial charge is 0.339 e. The van der Waals surface area contributed by atoms with Crippen LogP contribution in [0.2, 0.25) is 0 Å². The van der Waals surface area contributed by atoms with Crippen molar-refractivity contribution in [1.82, 2.24) is 9.80 Å². The number of halogens is 1. The SMILES string of the molecule is CCCOc1c(Br)cc(C(=O)OC(C)C(=O)N2CCN(C(C)=O)CC2)cc1OC. The number of esters is 1. The van der Waals surface area contributed by atoms with E-state index >= 15 is 0 Å². The molecule has 0 spiro atoms. The molecule has 1 aromatic rings. The number of hydrogen-bond acceptors (Lipinski definition) is 6. The standard InChI is InChI=1S/C20H27BrN2O6/c1-5-10-28-18-16(21)11-15(12-17(18)27-4)20(26)29-13(2)19(25)23-8-6-22(7-9-23)14(3)24/h11-13H,5-10H2,1-4H3. The van der Waals surface area contributed by atoms with Gasteiger partial charge in [0.25, 0.3) is 5.91 Å². The van der Waals surface area contributed by atoms with Crippen LogP contribution in [0.5, 0.6) is 11.5 Å². The van der Waals surface area contributed by atoms with Crippen LogP contribution in [0.3, 0.4) is 0 Å². The first-order valence-corrected chi connectivity index (χ1v) is 10.3. The fourth-order valence-electron chi connectivity index (χ4n) is 2.96. The van der Waals surface area contributed by atoms with Gasteiger partial charge in [-0.15, -0.1) is 0 Å². The highest BCUT2D eigenvalue weighted by molar-refractivity contribution is 9.10. The molecule has 9 heteroatoms. The fraction of sp³-hybridized carbons (Fsp3) is 0.550. The van der Waals surface area contributed by atoms with Crippen LogP contribution in [0, 0.1) is 0 Å². The van der Waals surface area contributed by atoms with Crippen molar-refractivity contribution >= 4 is 33.7 Å². The molecule has 0 aliphatic carbocycles. The number of methoxy groups -OCH3 is 1. The lowest BCUT2D eigenvalue weighted by Crippen LogP contribution is -2.52. The third-order valence-electron chi connectivity index (χ3n) is 4.58. The van der Waals surface area contributed by atoms with Crippen molar-refractivity contribution in [2.24, 2.45) is 0 Å². The summed E-state index contributed by atoms with van der Waals surface area (Å²) >= 11 is 3.39. The topological polar surface area (TPSA) is 85.4 Å². The predicted octanol–water partition coefficient (Wildman–Crippen LogP) is 2.48. The van der Waals surface area contributed by atoms with Gasteiger partial charge in [-0.3, -0.25) is 9.59 Å². The van der Waals surface area contributed by atoms with Crippen molar-refractivity contribution < 1.29 is 28.6 Å². The van der Waals surface area contributed by atoms with E-state index in [1.807, 2.05) is 6.92 Å². The number of nitrogens with zero attached hydrogens (tertiary/aromatic N) is 2. The Kier molecular flexibility index (Phi) is 8.31. The lowest BCUT2D eigenvalue weighted by molar-refractivity contribution is -0.144. The number of piperazine rings is 1. The molecule has 1 atom stereocenters. The first-order chi connectivity index (χ1) is 13.8. The second-order valence-corrected chi connectivity index (χ2v) is 7.57. The third kappa shape index (κ3) is 5.85. The predicted molar refractivity (Wildman–Crippen MR) is 110 cm³/mol. The summed E-state index contributed by atoms with van der Waals surface area (Å²) in [6, 6.07) is 3.11. The largest absolute Gasteiger partial charge is 0.493 e. The van der Waals surface area contributed by atoms with Crippen molar-refractivity contribution in [3.8, 4) is 11.5 Å². The summed E-state index contributed by atoms with van der Waals surface area (Å²) in [4.78, 5) is 39.9. The highest BCUT2D eigenvalue weighted by Crippen LogP contribution is 2.37. The van der Waals surface area contributed by atoms with Crippen LogP contribution in [0.4, 0.5) is 0 Å². The van der Waals surface area contributed by atoms with Gasteiger partial charge in [-0.05, 0) is 41.4 Å². The molecule has 0 aromatic heterocycles. The number of ether oxygens (including phenoxy) is 3. The zero-order chi connectivity index (χ0) is 21.6. The first-order valence-electron chi connectivity index (χ1n) is 9.54. The minimum atomic E-state index is -0.938. The summed E-state index contributed by atoms with van der Waals surface area (Å²) in [5.41, 5.74) is 0.249. The molecule has 1 fully saturated rings. The number of hydrogen-bond donors (Lipinski definition) is 0. The molecule has 0 saturated carbocycles. The van der Waals surface area contributed by atoms with Gasteiger partial charge in [0.1, 0.15) is 0 Å². The molecular weight excluding hydrogens is 444 g/mol. The molecule has 1 unspecified atom stereocenters. The van der Waals surface area contributed by atoms with Gasteiger partial charge in [-0.25, -0.2) is 4.79 Å². The molecule has 2 rings (SSSR count). The van der Waals surface area contributed by atoms with Gasteiger partial charge in [0.2, 0.25) is 5.91 Å². The molecule has 0 bridgehead atoms. The zero-order valence-corrected chi connectivity index (χ0v) is 18.8. The summed E-state index contributed by atoms with van der Waals surface area (Å²) in [5.74, 6) is -0.00955. The molecular formula is C20H27BrN2O6. The summed E-state index contributed by atoms with van der Waals surface area (Å²) in [5, 5.41) is 0. The van der Waals surface area contributed by atoms with E-state index in [4.69, 9.17) is 14.2 Å². The average Bonchev–Trinajstić information content (AvgIpc) is 2.71. The number of rotatable bonds is 7. The molecule has 1 saturated heterocycles. The summed E-state index contributed by atoms with van der Waals surface area (Å²) < 4.78 is 16.9. The van der Waals surface area contributed by atoms with Gasteiger partial charge in [0.15, 0.2) is 17.6 Å².